The molecule has 4 saturated carbocycles. The van der Waals surface area contributed by atoms with E-state index in [-0.39, 0.29) is 11.3 Å². The maximum absolute atomic E-state index is 12.6. The summed E-state index contributed by atoms with van der Waals surface area (Å²) in [4.78, 5) is 14.6. The van der Waals surface area contributed by atoms with Crippen molar-refractivity contribution in [2.45, 2.75) is 69.4 Å². The van der Waals surface area contributed by atoms with Gasteiger partial charge in [0.05, 0.1) is 5.75 Å². The number of rotatable bonds is 4. The summed E-state index contributed by atoms with van der Waals surface area (Å²) in [6, 6.07) is 0. The average molecular weight is 390 g/mol. The second kappa shape index (κ2) is 6.78. The number of hydrogen-bond donors (Lipinski definition) is 0. The number of likely N-dealkylation sites (tertiary alicyclic amines) is 1. The normalized spacial score (nSPS) is 40.5. The van der Waals surface area contributed by atoms with Gasteiger partial charge in [-0.1, -0.05) is 25.6 Å². The minimum Gasteiger partial charge on any atom is -0.415 e. The predicted octanol–water partition coefficient (Wildman–Crippen LogP) is 4.13. The van der Waals surface area contributed by atoms with E-state index in [1.807, 2.05) is 4.90 Å². The van der Waals surface area contributed by atoms with Gasteiger partial charge in [-0.25, -0.2) is 0 Å². The van der Waals surface area contributed by atoms with Crippen LogP contribution in [0.1, 0.15) is 64.7 Å². The molecule has 148 valence electrons. The minimum atomic E-state index is 0.141. The van der Waals surface area contributed by atoms with Gasteiger partial charge >= 0.3 is 0 Å². The number of piperidine rings is 1. The fraction of sp³-hybridized carbons (Fsp3) is 0.857. The van der Waals surface area contributed by atoms with Crippen molar-refractivity contribution in [3.8, 4) is 0 Å². The lowest BCUT2D eigenvalue weighted by atomic mass is 9.49. The van der Waals surface area contributed by atoms with Gasteiger partial charge in [0.15, 0.2) is 0 Å². The van der Waals surface area contributed by atoms with Crippen LogP contribution >= 0.6 is 11.8 Å². The molecule has 0 spiro atoms. The first kappa shape index (κ1) is 18.0. The van der Waals surface area contributed by atoms with Crippen LogP contribution in [0.4, 0.5) is 0 Å². The van der Waals surface area contributed by atoms with Crippen LogP contribution in [-0.4, -0.2) is 39.8 Å². The molecular weight excluding hydrogens is 358 g/mol. The quantitative estimate of drug-likeness (QED) is 0.725. The molecule has 0 aromatic carbocycles. The van der Waals surface area contributed by atoms with Crippen molar-refractivity contribution in [3.05, 3.63) is 5.89 Å². The molecule has 27 heavy (non-hydrogen) atoms. The summed E-state index contributed by atoms with van der Waals surface area (Å²) < 4.78 is 6.12. The number of thioether (sulfide) groups is 1. The van der Waals surface area contributed by atoms with E-state index >= 15 is 0 Å². The van der Waals surface area contributed by atoms with E-state index in [1.54, 1.807) is 0 Å². The Morgan fingerprint density at radius 1 is 1.04 bits per heavy atom. The lowest BCUT2D eigenvalue weighted by molar-refractivity contribution is -0.130. The molecule has 2 heterocycles. The number of amides is 1. The number of carbonyl (C=O) groups excluding carboxylic acids is 1. The fourth-order valence-corrected chi connectivity index (χ4v) is 7.60. The Hall–Kier alpha value is -1.04. The highest BCUT2D eigenvalue weighted by Gasteiger charge is 2.54. The lowest BCUT2D eigenvalue weighted by Gasteiger charge is -2.55. The van der Waals surface area contributed by atoms with Gasteiger partial charge < -0.3 is 9.32 Å². The van der Waals surface area contributed by atoms with E-state index < -0.39 is 0 Å². The zero-order chi connectivity index (χ0) is 18.6. The van der Waals surface area contributed by atoms with Gasteiger partial charge in [-0.15, -0.1) is 10.2 Å². The van der Waals surface area contributed by atoms with Gasteiger partial charge in [-0.3, -0.25) is 4.79 Å². The smallest absolute Gasteiger partial charge is 0.277 e. The maximum Gasteiger partial charge on any atom is 0.277 e. The Morgan fingerprint density at radius 3 is 2.22 bits per heavy atom. The van der Waals surface area contributed by atoms with Crippen LogP contribution in [-0.2, 0) is 10.2 Å². The van der Waals surface area contributed by atoms with Crippen LogP contribution in [0.5, 0.6) is 0 Å². The third-order valence-corrected chi connectivity index (χ3v) is 8.24. The molecule has 6 rings (SSSR count). The molecule has 6 heteroatoms. The molecule has 4 aliphatic carbocycles. The Labute approximate surface area is 166 Å². The minimum absolute atomic E-state index is 0.141. The van der Waals surface area contributed by atoms with E-state index in [0.29, 0.717) is 22.8 Å². The van der Waals surface area contributed by atoms with Crippen molar-refractivity contribution in [1.29, 1.82) is 0 Å². The van der Waals surface area contributed by atoms with E-state index in [0.717, 1.165) is 36.7 Å². The van der Waals surface area contributed by atoms with Crippen molar-refractivity contribution in [2.24, 2.45) is 29.6 Å². The summed E-state index contributed by atoms with van der Waals surface area (Å²) in [6.45, 7) is 6.23. The van der Waals surface area contributed by atoms with Crippen LogP contribution in [0.15, 0.2) is 9.64 Å². The van der Waals surface area contributed by atoms with E-state index in [1.165, 1.54) is 56.7 Å². The zero-order valence-electron chi connectivity index (χ0n) is 16.5. The predicted molar refractivity (Wildman–Crippen MR) is 104 cm³/mol. The topological polar surface area (TPSA) is 59.2 Å². The van der Waals surface area contributed by atoms with Gasteiger partial charge in [0, 0.05) is 18.5 Å². The summed E-state index contributed by atoms with van der Waals surface area (Å²) in [7, 11) is 0. The highest BCUT2D eigenvalue weighted by molar-refractivity contribution is 7.99. The molecule has 5 aliphatic rings. The standard InChI is InChI=1S/C21H31N3O2S/c1-13-3-14(2)11-24(10-13)18(25)12-27-20-23-22-19(26-20)21-7-15-4-16(8-21)6-17(5-15)9-21/h13-17H,3-12H2,1-2H3/t13-,14+,15?,16?,17?,21?. The Morgan fingerprint density at radius 2 is 1.63 bits per heavy atom. The van der Waals surface area contributed by atoms with Crippen molar-refractivity contribution >= 4 is 17.7 Å². The molecule has 1 saturated heterocycles. The number of aromatic nitrogens is 2. The molecule has 0 unspecified atom stereocenters. The van der Waals surface area contributed by atoms with Gasteiger partial charge in [-0.05, 0) is 74.5 Å². The second-order valence-electron chi connectivity index (χ2n) is 10.1. The summed E-state index contributed by atoms with van der Waals surface area (Å²) in [5.41, 5.74) is 0.141. The lowest BCUT2D eigenvalue weighted by Crippen LogP contribution is -2.48. The van der Waals surface area contributed by atoms with E-state index in [2.05, 4.69) is 24.0 Å². The van der Waals surface area contributed by atoms with E-state index in [4.69, 9.17) is 4.42 Å². The number of hydrogen-bond acceptors (Lipinski definition) is 5. The third-order valence-electron chi connectivity index (χ3n) is 7.44. The van der Waals surface area contributed by atoms with Gasteiger partial charge in [0.1, 0.15) is 0 Å². The van der Waals surface area contributed by atoms with Crippen molar-refractivity contribution in [3.63, 3.8) is 0 Å². The summed E-state index contributed by atoms with van der Waals surface area (Å²) >= 11 is 1.42. The monoisotopic (exact) mass is 389 g/mol. The molecule has 1 aliphatic heterocycles. The Kier molecular flexibility index (Phi) is 4.53. The molecule has 1 aromatic rings. The van der Waals surface area contributed by atoms with Gasteiger partial charge in [0.2, 0.25) is 11.8 Å². The first-order chi connectivity index (χ1) is 13.0. The molecule has 5 fully saturated rings. The molecule has 4 bridgehead atoms. The number of carbonyl (C=O) groups is 1. The van der Waals surface area contributed by atoms with Crippen LogP contribution in [0.2, 0.25) is 0 Å². The highest BCUT2D eigenvalue weighted by atomic mass is 32.2. The molecule has 1 aromatic heterocycles. The molecule has 0 radical (unpaired) electrons. The van der Waals surface area contributed by atoms with E-state index in [9.17, 15) is 4.79 Å². The highest BCUT2D eigenvalue weighted by Crippen LogP contribution is 2.60. The van der Waals surface area contributed by atoms with Crippen LogP contribution in [0.25, 0.3) is 0 Å². The van der Waals surface area contributed by atoms with Crippen LogP contribution < -0.4 is 0 Å². The molecule has 1 amide bonds. The van der Waals surface area contributed by atoms with Crippen molar-refractivity contribution in [2.75, 3.05) is 18.8 Å². The van der Waals surface area contributed by atoms with Crippen LogP contribution in [0.3, 0.4) is 0 Å². The third kappa shape index (κ3) is 3.43. The second-order valence-corrected chi connectivity index (χ2v) is 11.0. The van der Waals surface area contributed by atoms with Crippen molar-refractivity contribution in [1.82, 2.24) is 15.1 Å². The van der Waals surface area contributed by atoms with Gasteiger partial charge in [0.25, 0.3) is 5.22 Å². The molecule has 0 N–H and O–H groups in total. The largest absolute Gasteiger partial charge is 0.415 e. The molecule has 2 atom stereocenters. The Bertz CT molecular complexity index is 673. The number of nitrogens with zero attached hydrogens (tertiary/aromatic N) is 3. The molecular formula is C21H31N3O2S. The Balaban J connectivity index is 1.22. The first-order valence-corrected chi connectivity index (χ1v) is 11.7. The summed E-state index contributed by atoms with van der Waals surface area (Å²) in [5.74, 6) is 5.24. The van der Waals surface area contributed by atoms with Gasteiger partial charge in [-0.2, -0.15) is 0 Å². The average Bonchev–Trinajstić information content (AvgIpc) is 3.07. The molecule has 5 nitrogen and oxygen atoms in total. The zero-order valence-corrected chi connectivity index (χ0v) is 17.3. The fourth-order valence-electron chi connectivity index (χ4n) is 6.94. The van der Waals surface area contributed by atoms with Crippen molar-refractivity contribution < 1.29 is 9.21 Å². The first-order valence-electron chi connectivity index (χ1n) is 10.7. The SMILES string of the molecule is C[C@@H]1C[C@H](C)CN(C(=O)CSc2nnc(C34CC5CC(CC(C5)C3)C4)o2)C1. The van der Waals surface area contributed by atoms with Crippen LogP contribution in [0, 0.1) is 29.6 Å². The summed E-state index contributed by atoms with van der Waals surface area (Å²) in [5, 5.41) is 9.33. The maximum atomic E-state index is 12.6. The summed E-state index contributed by atoms with van der Waals surface area (Å²) in [6.07, 6.45) is 9.15.